The highest BCUT2D eigenvalue weighted by atomic mass is 79.9. The van der Waals surface area contributed by atoms with Gasteiger partial charge in [0.05, 0.1) is 11.7 Å². The molecule has 2 N–H and O–H groups in total. The van der Waals surface area contributed by atoms with Gasteiger partial charge in [0.2, 0.25) is 0 Å². The third-order valence-electron chi connectivity index (χ3n) is 3.01. The van der Waals surface area contributed by atoms with Gasteiger partial charge >= 0.3 is 0 Å². The van der Waals surface area contributed by atoms with E-state index in [-0.39, 0.29) is 5.91 Å². The molecule has 104 valence electrons. The van der Waals surface area contributed by atoms with Crippen LogP contribution >= 0.6 is 15.9 Å². The SMILES string of the molecule is O=C(NCCC(O)c1ccccc1)c1ccccc1Br. The average molecular weight is 334 g/mol. The van der Waals surface area contributed by atoms with E-state index in [0.29, 0.717) is 18.5 Å². The summed E-state index contributed by atoms with van der Waals surface area (Å²) in [7, 11) is 0. The van der Waals surface area contributed by atoms with Gasteiger partial charge in [-0.3, -0.25) is 4.79 Å². The zero-order chi connectivity index (χ0) is 14.4. The van der Waals surface area contributed by atoms with Crippen LogP contribution in [-0.4, -0.2) is 17.6 Å². The summed E-state index contributed by atoms with van der Waals surface area (Å²) in [6.07, 6.45) is -0.0732. The summed E-state index contributed by atoms with van der Waals surface area (Å²) in [5.74, 6) is -0.141. The molecule has 2 aromatic carbocycles. The van der Waals surface area contributed by atoms with Gasteiger partial charge in [0, 0.05) is 11.0 Å². The van der Waals surface area contributed by atoms with Crippen LogP contribution in [0.4, 0.5) is 0 Å². The van der Waals surface area contributed by atoms with Crippen LogP contribution in [0, 0.1) is 0 Å². The monoisotopic (exact) mass is 333 g/mol. The molecule has 1 atom stereocenters. The van der Waals surface area contributed by atoms with Crippen molar-refractivity contribution in [1.82, 2.24) is 5.32 Å². The predicted molar refractivity (Wildman–Crippen MR) is 82.5 cm³/mol. The third-order valence-corrected chi connectivity index (χ3v) is 3.70. The molecule has 0 saturated heterocycles. The van der Waals surface area contributed by atoms with Crippen LogP contribution in [-0.2, 0) is 0 Å². The van der Waals surface area contributed by atoms with Gasteiger partial charge in [0.15, 0.2) is 0 Å². The maximum absolute atomic E-state index is 12.0. The van der Waals surface area contributed by atoms with E-state index in [0.717, 1.165) is 10.0 Å². The summed E-state index contributed by atoms with van der Waals surface area (Å²) < 4.78 is 0.765. The first-order chi connectivity index (χ1) is 9.68. The summed E-state index contributed by atoms with van der Waals surface area (Å²) >= 11 is 3.34. The number of hydrogen-bond acceptors (Lipinski definition) is 2. The number of carbonyl (C=O) groups is 1. The fraction of sp³-hybridized carbons (Fsp3) is 0.188. The van der Waals surface area contributed by atoms with Crippen molar-refractivity contribution in [1.29, 1.82) is 0 Å². The Morgan fingerprint density at radius 3 is 2.45 bits per heavy atom. The fourth-order valence-electron chi connectivity index (χ4n) is 1.90. The number of hydrogen-bond donors (Lipinski definition) is 2. The minimum atomic E-state index is -0.560. The molecule has 0 saturated carbocycles. The largest absolute Gasteiger partial charge is 0.388 e. The van der Waals surface area contributed by atoms with Gasteiger partial charge in [-0.15, -0.1) is 0 Å². The second-order valence-corrected chi connectivity index (χ2v) is 5.31. The molecule has 4 heteroatoms. The quantitative estimate of drug-likeness (QED) is 0.881. The number of rotatable bonds is 5. The number of benzene rings is 2. The minimum Gasteiger partial charge on any atom is -0.388 e. The number of aliphatic hydroxyl groups excluding tert-OH is 1. The lowest BCUT2D eigenvalue weighted by atomic mass is 10.1. The Hall–Kier alpha value is -1.65. The van der Waals surface area contributed by atoms with Gasteiger partial charge in [-0.25, -0.2) is 0 Å². The Morgan fingerprint density at radius 2 is 1.75 bits per heavy atom. The average Bonchev–Trinajstić information content (AvgIpc) is 2.48. The molecule has 0 aliphatic rings. The highest BCUT2D eigenvalue weighted by Gasteiger charge is 2.10. The Balaban J connectivity index is 1.84. The van der Waals surface area contributed by atoms with Crippen LogP contribution in [0.5, 0.6) is 0 Å². The Morgan fingerprint density at radius 1 is 1.10 bits per heavy atom. The standard InChI is InChI=1S/C16H16BrNO2/c17-14-9-5-4-8-13(14)16(20)18-11-10-15(19)12-6-2-1-3-7-12/h1-9,15,19H,10-11H2,(H,18,20). The maximum Gasteiger partial charge on any atom is 0.252 e. The second-order valence-electron chi connectivity index (χ2n) is 4.45. The molecule has 20 heavy (non-hydrogen) atoms. The Labute approximate surface area is 126 Å². The fourth-order valence-corrected chi connectivity index (χ4v) is 2.37. The molecule has 1 unspecified atom stereocenters. The molecule has 2 rings (SSSR count). The third kappa shape index (κ3) is 3.92. The van der Waals surface area contributed by atoms with E-state index in [1.54, 1.807) is 6.07 Å². The first-order valence-corrected chi connectivity index (χ1v) is 7.23. The van der Waals surface area contributed by atoms with E-state index in [4.69, 9.17) is 0 Å². The van der Waals surface area contributed by atoms with Crippen molar-refractivity contribution in [2.45, 2.75) is 12.5 Å². The van der Waals surface area contributed by atoms with Gasteiger partial charge in [0.25, 0.3) is 5.91 Å². The van der Waals surface area contributed by atoms with Crippen molar-refractivity contribution in [3.05, 3.63) is 70.2 Å². The van der Waals surface area contributed by atoms with Crippen LogP contribution in [0.15, 0.2) is 59.1 Å². The van der Waals surface area contributed by atoms with Crippen LogP contribution in [0.3, 0.4) is 0 Å². The van der Waals surface area contributed by atoms with Crippen molar-refractivity contribution >= 4 is 21.8 Å². The molecular formula is C16H16BrNO2. The van der Waals surface area contributed by atoms with Crippen LogP contribution in [0.2, 0.25) is 0 Å². The summed E-state index contributed by atoms with van der Waals surface area (Å²) in [5.41, 5.74) is 1.46. The number of amides is 1. The first-order valence-electron chi connectivity index (χ1n) is 6.44. The molecule has 0 aromatic heterocycles. The molecule has 0 spiro atoms. The Bertz CT molecular complexity index is 572. The molecular weight excluding hydrogens is 318 g/mol. The maximum atomic E-state index is 12.0. The highest BCUT2D eigenvalue weighted by molar-refractivity contribution is 9.10. The molecule has 0 aliphatic carbocycles. The summed E-state index contributed by atoms with van der Waals surface area (Å²) in [4.78, 5) is 12.0. The van der Waals surface area contributed by atoms with Crippen LogP contribution in [0.25, 0.3) is 0 Å². The zero-order valence-corrected chi connectivity index (χ0v) is 12.5. The molecule has 0 aliphatic heterocycles. The van der Waals surface area contributed by atoms with E-state index < -0.39 is 6.10 Å². The minimum absolute atomic E-state index is 0.141. The molecule has 0 bridgehead atoms. The van der Waals surface area contributed by atoms with Crippen molar-refractivity contribution in [2.75, 3.05) is 6.54 Å². The summed E-state index contributed by atoms with van der Waals surface area (Å²) in [6, 6.07) is 16.7. The van der Waals surface area contributed by atoms with E-state index in [1.165, 1.54) is 0 Å². The molecule has 0 fully saturated rings. The van der Waals surface area contributed by atoms with E-state index in [2.05, 4.69) is 21.2 Å². The zero-order valence-electron chi connectivity index (χ0n) is 10.9. The van der Waals surface area contributed by atoms with E-state index in [9.17, 15) is 9.90 Å². The van der Waals surface area contributed by atoms with Gasteiger partial charge in [0.1, 0.15) is 0 Å². The van der Waals surface area contributed by atoms with Crippen molar-refractivity contribution in [3.8, 4) is 0 Å². The number of carbonyl (C=O) groups excluding carboxylic acids is 1. The molecule has 2 aromatic rings. The lowest BCUT2D eigenvalue weighted by Gasteiger charge is -2.12. The van der Waals surface area contributed by atoms with Crippen LogP contribution < -0.4 is 5.32 Å². The summed E-state index contributed by atoms with van der Waals surface area (Å²) in [6.45, 7) is 0.427. The van der Waals surface area contributed by atoms with Gasteiger partial charge in [-0.05, 0) is 40.0 Å². The van der Waals surface area contributed by atoms with Crippen molar-refractivity contribution < 1.29 is 9.90 Å². The van der Waals surface area contributed by atoms with Gasteiger partial charge < -0.3 is 10.4 Å². The van der Waals surface area contributed by atoms with Crippen molar-refractivity contribution in [3.63, 3.8) is 0 Å². The molecule has 1 amide bonds. The predicted octanol–water partition coefficient (Wildman–Crippen LogP) is 3.30. The van der Waals surface area contributed by atoms with Gasteiger partial charge in [-0.1, -0.05) is 42.5 Å². The van der Waals surface area contributed by atoms with E-state index >= 15 is 0 Å². The lowest BCUT2D eigenvalue weighted by molar-refractivity contribution is 0.0942. The number of aliphatic hydroxyl groups is 1. The lowest BCUT2D eigenvalue weighted by Crippen LogP contribution is -2.25. The topological polar surface area (TPSA) is 49.3 Å². The van der Waals surface area contributed by atoms with Crippen LogP contribution in [0.1, 0.15) is 28.4 Å². The molecule has 0 radical (unpaired) electrons. The van der Waals surface area contributed by atoms with Crippen molar-refractivity contribution in [2.24, 2.45) is 0 Å². The second kappa shape index (κ2) is 7.22. The summed E-state index contributed by atoms with van der Waals surface area (Å²) in [5, 5.41) is 12.8. The molecule has 0 heterocycles. The van der Waals surface area contributed by atoms with E-state index in [1.807, 2.05) is 48.5 Å². The highest BCUT2D eigenvalue weighted by Crippen LogP contribution is 2.17. The molecule has 3 nitrogen and oxygen atoms in total. The van der Waals surface area contributed by atoms with Gasteiger partial charge in [-0.2, -0.15) is 0 Å². The smallest absolute Gasteiger partial charge is 0.252 e. The number of nitrogens with one attached hydrogen (secondary N) is 1. The normalized spacial score (nSPS) is 11.9. The Kier molecular flexibility index (Phi) is 5.32. The first kappa shape index (κ1) is 14.8. The number of halogens is 1.